The van der Waals surface area contributed by atoms with Crippen molar-refractivity contribution in [3.8, 4) is 0 Å². The first-order chi connectivity index (χ1) is 7.13. The topological polar surface area (TPSA) is 52.5 Å². The van der Waals surface area contributed by atoms with E-state index in [2.05, 4.69) is 30.4 Å². The Hall–Kier alpha value is -0.900. The van der Waals surface area contributed by atoms with E-state index in [9.17, 15) is 5.11 Å². The van der Waals surface area contributed by atoms with Crippen LogP contribution in [-0.2, 0) is 0 Å². The second-order valence-electron chi connectivity index (χ2n) is 3.88. The zero-order valence-corrected chi connectivity index (χ0v) is 9.27. The van der Waals surface area contributed by atoms with Crippen LogP contribution in [-0.4, -0.2) is 29.5 Å². The summed E-state index contributed by atoms with van der Waals surface area (Å²) in [6.07, 6.45) is -0.683. The SMILES string of the molecule is Cc1cccc([C@H](C)NC[C@H](O)CO)c1. The molecule has 3 nitrogen and oxygen atoms in total. The molecular weight excluding hydrogens is 190 g/mol. The van der Waals surface area contributed by atoms with E-state index >= 15 is 0 Å². The Morgan fingerprint density at radius 3 is 2.73 bits per heavy atom. The Labute approximate surface area is 90.8 Å². The first-order valence-electron chi connectivity index (χ1n) is 5.22. The Kier molecular flexibility index (Phi) is 4.75. The zero-order chi connectivity index (χ0) is 11.3. The molecule has 1 aromatic rings. The lowest BCUT2D eigenvalue weighted by atomic mass is 10.1. The highest BCUT2D eigenvalue weighted by Crippen LogP contribution is 2.13. The molecule has 2 atom stereocenters. The molecule has 0 saturated carbocycles. The quantitative estimate of drug-likeness (QED) is 0.678. The number of aliphatic hydroxyl groups excluding tert-OH is 2. The van der Waals surface area contributed by atoms with Crippen LogP contribution in [0.1, 0.15) is 24.1 Å². The molecule has 0 saturated heterocycles. The van der Waals surface area contributed by atoms with E-state index in [1.54, 1.807) is 0 Å². The van der Waals surface area contributed by atoms with Gasteiger partial charge in [0.05, 0.1) is 12.7 Å². The normalized spacial score (nSPS) is 14.9. The number of hydrogen-bond donors (Lipinski definition) is 3. The number of hydrogen-bond acceptors (Lipinski definition) is 3. The minimum atomic E-state index is -0.683. The molecule has 0 radical (unpaired) electrons. The van der Waals surface area contributed by atoms with Crippen LogP contribution in [0.5, 0.6) is 0 Å². The largest absolute Gasteiger partial charge is 0.394 e. The molecule has 0 heterocycles. The van der Waals surface area contributed by atoms with Crippen LogP contribution < -0.4 is 5.32 Å². The summed E-state index contributed by atoms with van der Waals surface area (Å²) in [5.74, 6) is 0. The van der Waals surface area contributed by atoms with Gasteiger partial charge in [0, 0.05) is 12.6 Å². The second-order valence-corrected chi connectivity index (χ2v) is 3.88. The van der Waals surface area contributed by atoms with Crippen LogP contribution in [0.4, 0.5) is 0 Å². The summed E-state index contributed by atoms with van der Waals surface area (Å²) in [5.41, 5.74) is 2.42. The van der Waals surface area contributed by atoms with E-state index in [-0.39, 0.29) is 12.6 Å². The van der Waals surface area contributed by atoms with Gasteiger partial charge in [0.1, 0.15) is 0 Å². The maximum absolute atomic E-state index is 9.20. The molecule has 3 N–H and O–H groups in total. The third-order valence-corrected chi connectivity index (χ3v) is 2.41. The van der Waals surface area contributed by atoms with Gasteiger partial charge in [0.25, 0.3) is 0 Å². The maximum atomic E-state index is 9.20. The van der Waals surface area contributed by atoms with E-state index in [0.29, 0.717) is 6.54 Å². The highest BCUT2D eigenvalue weighted by molar-refractivity contribution is 5.24. The van der Waals surface area contributed by atoms with Crippen LogP contribution in [0.15, 0.2) is 24.3 Å². The number of aliphatic hydroxyl groups is 2. The van der Waals surface area contributed by atoms with Crippen LogP contribution in [0.3, 0.4) is 0 Å². The van der Waals surface area contributed by atoms with Crippen LogP contribution in [0.25, 0.3) is 0 Å². The fraction of sp³-hybridized carbons (Fsp3) is 0.500. The summed E-state index contributed by atoms with van der Waals surface area (Å²) >= 11 is 0. The van der Waals surface area contributed by atoms with E-state index < -0.39 is 6.10 Å². The Morgan fingerprint density at radius 2 is 2.13 bits per heavy atom. The van der Waals surface area contributed by atoms with Crippen molar-refractivity contribution in [3.63, 3.8) is 0 Å². The summed E-state index contributed by atoms with van der Waals surface area (Å²) < 4.78 is 0. The predicted octanol–water partition coefficient (Wildman–Crippen LogP) is 0.999. The number of benzene rings is 1. The van der Waals surface area contributed by atoms with Crippen molar-refractivity contribution in [3.05, 3.63) is 35.4 Å². The highest BCUT2D eigenvalue weighted by atomic mass is 16.3. The van der Waals surface area contributed by atoms with Gasteiger partial charge < -0.3 is 15.5 Å². The van der Waals surface area contributed by atoms with Gasteiger partial charge in [0.15, 0.2) is 0 Å². The third-order valence-electron chi connectivity index (χ3n) is 2.41. The summed E-state index contributed by atoms with van der Waals surface area (Å²) in [6.45, 7) is 4.30. The molecule has 1 rings (SSSR count). The van der Waals surface area contributed by atoms with Crippen molar-refractivity contribution >= 4 is 0 Å². The molecule has 0 bridgehead atoms. The van der Waals surface area contributed by atoms with Crippen LogP contribution in [0.2, 0.25) is 0 Å². The van der Waals surface area contributed by atoms with Gasteiger partial charge >= 0.3 is 0 Å². The smallest absolute Gasteiger partial charge is 0.0895 e. The average molecular weight is 209 g/mol. The van der Waals surface area contributed by atoms with Gasteiger partial charge in [-0.3, -0.25) is 0 Å². The first kappa shape index (κ1) is 12.2. The highest BCUT2D eigenvalue weighted by Gasteiger charge is 2.07. The summed E-state index contributed by atoms with van der Waals surface area (Å²) in [5, 5.41) is 21.0. The van der Waals surface area contributed by atoms with Gasteiger partial charge in [-0.05, 0) is 19.4 Å². The van der Waals surface area contributed by atoms with Crippen molar-refractivity contribution in [2.75, 3.05) is 13.2 Å². The van der Waals surface area contributed by atoms with Gasteiger partial charge in [0.2, 0.25) is 0 Å². The number of nitrogens with one attached hydrogen (secondary N) is 1. The van der Waals surface area contributed by atoms with E-state index in [0.717, 1.165) is 0 Å². The number of rotatable bonds is 5. The molecule has 0 spiro atoms. The standard InChI is InChI=1S/C12H19NO2/c1-9-4-3-5-11(6-9)10(2)13-7-12(15)8-14/h3-6,10,12-15H,7-8H2,1-2H3/t10-,12-/m0/s1. The molecule has 0 fully saturated rings. The fourth-order valence-electron chi connectivity index (χ4n) is 1.43. The Bertz CT molecular complexity index is 301. The van der Waals surface area contributed by atoms with E-state index in [4.69, 9.17) is 5.11 Å². The Balaban J connectivity index is 2.50. The van der Waals surface area contributed by atoms with Crippen molar-refractivity contribution in [2.24, 2.45) is 0 Å². The maximum Gasteiger partial charge on any atom is 0.0895 e. The lowest BCUT2D eigenvalue weighted by Crippen LogP contribution is -2.31. The molecule has 0 aliphatic rings. The van der Waals surface area contributed by atoms with Crippen molar-refractivity contribution < 1.29 is 10.2 Å². The van der Waals surface area contributed by atoms with E-state index in [1.807, 2.05) is 13.0 Å². The monoisotopic (exact) mass is 209 g/mol. The minimum absolute atomic E-state index is 0.186. The van der Waals surface area contributed by atoms with Gasteiger partial charge in [-0.1, -0.05) is 29.8 Å². The summed E-state index contributed by atoms with van der Waals surface area (Å²) in [4.78, 5) is 0. The number of aryl methyl sites for hydroxylation is 1. The summed E-state index contributed by atoms with van der Waals surface area (Å²) in [6, 6.07) is 8.43. The molecule has 0 aliphatic carbocycles. The van der Waals surface area contributed by atoms with Crippen molar-refractivity contribution in [1.29, 1.82) is 0 Å². The molecule has 84 valence electrons. The predicted molar refractivity (Wildman–Crippen MR) is 60.7 cm³/mol. The Morgan fingerprint density at radius 1 is 1.40 bits per heavy atom. The van der Waals surface area contributed by atoms with Gasteiger partial charge in [-0.2, -0.15) is 0 Å². The van der Waals surface area contributed by atoms with Crippen molar-refractivity contribution in [2.45, 2.75) is 26.0 Å². The molecule has 0 aromatic heterocycles. The molecule has 1 aromatic carbocycles. The lowest BCUT2D eigenvalue weighted by molar-refractivity contribution is 0.0924. The van der Waals surface area contributed by atoms with Crippen LogP contribution >= 0.6 is 0 Å². The van der Waals surface area contributed by atoms with E-state index in [1.165, 1.54) is 11.1 Å². The van der Waals surface area contributed by atoms with Gasteiger partial charge in [-0.25, -0.2) is 0 Å². The third kappa shape index (κ3) is 4.00. The first-order valence-corrected chi connectivity index (χ1v) is 5.22. The molecule has 0 unspecified atom stereocenters. The summed E-state index contributed by atoms with van der Waals surface area (Å²) in [7, 11) is 0. The minimum Gasteiger partial charge on any atom is -0.394 e. The lowest BCUT2D eigenvalue weighted by Gasteiger charge is -2.16. The molecule has 3 heteroatoms. The van der Waals surface area contributed by atoms with Crippen LogP contribution in [0, 0.1) is 6.92 Å². The molecule has 0 aliphatic heterocycles. The zero-order valence-electron chi connectivity index (χ0n) is 9.27. The van der Waals surface area contributed by atoms with Crippen molar-refractivity contribution in [1.82, 2.24) is 5.32 Å². The van der Waals surface area contributed by atoms with Gasteiger partial charge in [-0.15, -0.1) is 0 Å². The average Bonchev–Trinajstić information content (AvgIpc) is 2.25. The molecule has 0 amide bonds. The fourth-order valence-corrected chi connectivity index (χ4v) is 1.43. The second kappa shape index (κ2) is 5.85. The molecular formula is C12H19NO2. The molecule has 15 heavy (non-hydrogen) atoms.